The highest BCUT2D eigenvalue weighted by Gasteiger charge is 2.36. The maximum Gasteiger partial charge on any atom is 0.137 e. The molecule has 2 rings (SSSR count). The molecule has 1 aromatic rings. The van der Waals surface area contributed by atoms with Crippen molar-refractivity contribution in [3.8, 4) is 0 Å². The Morgan fingerprint density at radius 3 is 2.50 bits per heavy atom. The fourth-order valence-corrected chi connectivity index (χ4v) is 2.20. The molecule has 0 bridgehead atoms. The van der Waals surface area contributed by atoms with Crippen LogP contribution in [0, 0.1) is 0 Å². The molecule has 0 amide bonds. The number of aliphatic hydroxyl groups is 1. The molecule has 0 radical (unpaired) electrons. The Kier molecular flexibility index (Phi) is 3.52. The normalized spacial score (nSPS) is 18.3. The molecule has 5 heteroatoms. The molecule has 100 valence electrons. The van der Waals surface area contributed by atoms with E-state index in [0.29, 0.717) is 16.8 Å². The molecule has 0 saturated heterocycles. The van der Waals surface area contributed by atoms with Gasteiger partial charge in [-0.05, 0) is 19.3 Å². The predicted octanol–water partition coefficient (Wildman–Crippen LogP) is 2.75. The molecule has 0 atom stereocenters. The van der Waals surface area contributed by atoms with Crippen molar-refractivity contribution in [3.63, 3.8) is 0 Å². The zero-order valence-electron chi connectivity index (χ0n) is 11.1. The third kappa shape index (κ3) is 2.75. The lowest BCUT2D eigenvalue weighted by Crippen LogP contribution is -2.48. The molecule has 0 spiro atoms. The number of aromatic nitrogens is 2. The van der Waals surface area contributed by atoms with Crippen molar-refractivity contribution in [1.29, 1.82) is 0 Å². The van der Waals surface area contributed by atoms with Crippen molar-refractivity contribution < 1.29 is 5.11 Å². The van der Waals surface area contributed by atoms with Crippen LogP contribution in [0.4, 0.5) is 5.82 Å². The van der Waals surface area contributed by atoms with Crippen molar-refractivity contribution in [1.82, 2.24) is 9.97 Å². The molecular formula is C13H20ClN3O. The van der Waals surface area contributed by atoms with Gasteiger partial charge in [0.2, 0.25) is 0 Å². The molecule has 1 saturated carbocycles. The van der Waals surface area contributed by atoms with Crippen LogP contribution >= 0.6 is 11.6 Å². The Hall–Kier alpha value is -0.870. The molecule has 4 nitrogen and oxygen atoms in total. The highest BCUT2D eigenvalue weighted by Crippen LogP contribution is 2.35. The van der Waals surface area contributed by atoms with Crippen LogP contribution in [0.2, 0.25) is 5.15 Å². The maximum absolute atomic E-state index is 9.46. The van der Waals surface area contributed by atoms with Crippen LogP contribution in [-0.4, -0.2) is 27.2 Å². The molecule has 1 fully saturated rings. The van der Waals surface area contributed by atoms with E-state index in [2.05, 4.69) is 15.3 Å². The van der Waals surface area contributed by atoms with Gasteiger partial charge in [0.05, 0.1) is 12.1 Å². The average molecular weight is 270 g/mol. The molecule has 0 unspecified atom stereocenters. The van der Waals surface area contributed by atoms with Gasteiger partial charge < -0.3 is 10.4 Å². The summed E-state index contributed by atoms with van der Waals surface area (Å²) in [5, 5.41) is 13.2. The molecule has 0 aliphatic heterocycles. The molecule has 0 aromatic carbocycles. The summed E-state index contributed by atoms with van der Waals surface area (Å²) in [5.74, 6) is 1.42. The minimum Gasteiger partial charge on any atom is -0.394 e. The Morgan fingerprint density at radius 1 is 1.39 bits per heavy atom. The fraction of sp³-hybridized carbons (Fsp3) is 0.692. The zero-order chi connectivity index (χ0) is 13.4. The van der Waals surface area contributed by atoms with E-state index in [-0.39, 0.29) is 17.6 Å². The predicted molar refractivity (Wildman–Crippen MR) is 73.0 cm³/mol. The molecule has 1 aromatic heterocycles. The maximum atomic E-state index is 9.46. The van der Waals surface area contributed by atoms with E-state index in [4.69, 9.17) is 11.6 Å². The summed E-state index contributed by atoms with van der Waals surface area (Å²) in [5.41, 5.74) is -0.361. The van der Waals surface area contributed by atoms with Crippen molar-refractivity contribution in [2.75, 3.05) is 11.9 Å². The molecule has 2 N–H and O–H groups in total. The van der Waals surface area contributed by atoms with Crippen LogP contribution in [-0.2, 0) is 5.41 Å². The van der Waals surface area contributed by atoms with E-state index < -0.39 is 0 Å². The van der Waals surface area contributed by atoms with Gasteiger partial charge in [0.25, 0.3) is 0 Å². The highest BCUT2D eigenvalue weighted by molar-refractivity contribution is 6.29. The van der Waals surface area contributed by atoms with E-state index in [1.807, 2.05) is 20.8 Å². The summed E-state index contributed by atoms with van der Waals surface area (Å²) in [7, 11) is 0. The molecule has 1 aliphatic rings. The van der Waals surface area contributed by atoms with Crippen LogP contribution in [0.1, 0.15) is 45.9 Å². The second kappa shape index (κ2) is 4.67. The number of nitrogens with one attached hydrogen (secondary N) is 1. The van der Waals surface area contributed by atoms with E-state index >= 15 is 0 Å². The van der Waals surface area contributed by atoms with E-state index in [1.54, 1.807) is 6.07 Å². The lowest BCUT2D eigenvalue weighted by molar-refractivity contribution is 0.143. The minimum absolute atomic E-state index is 0.124. The van der Waals surface area contributed by atoms with Gasteiger partial charge in [-0.3, -0.25) is 0 Å². The third-order valence-electron chi connectivity index (χ3n) is 3.37. The van der Waals surface area contributed by atoms with Crippen molar-refractivity contribution in [2.45, 2.75) is 51.0 Å². The standard InChI is InChI=1S/C13H20ClN3O/c1-12(2,3)11-15-9(14)7-10(16-11)17-13(8-18)5-4-6-13/h7,18H,4-6,8H2,1-3H3,(H,15,16,17). The number of anilines is 1. The molecular weight excluding hydrogens is 250 g/mol. The van der Waals surface area contributed by atoms with Crippen LogP contribution in [0.5, 0.6) is 0 Å². The fourth-order valence-electron chi connectivity index (χ4n) is 2.01. The summed E-state index contributed by atoms with van der Waals surface area (Å²) < 4.78 is 0. The Morgan fingerprint density at radius 2 is 2.06 bits per heavy atom. The number of hydrogen-bond donors (Lipinski definition) is 2. The smallest absolute Gasteiger partial charge is 0.137 e. The van der Waals surface area contributed by atoms with E-state index in [1.165, 1.54) is 0 Å². The third-order valence-corrected chi connectivity index (χ3v) is 3.57. The second-order valence-corrected chi connectivity index (χ2v) is 6.45. The van der Waals surface area contributed by atoms with Gasteiger partial charge in [-0.15, -0.1) is 0 Å². The number of aliphatic hydroxyl groups excluding tert-OH is 1. The second-order valence-electron chi connectivity index (χ2n) is 6.07. The van der Waals surface area contributed by atoms with Crippen molar-refractivity contribution in [3.05, 3.63) is 17.0 Å². The van der Waals surface area contributed by atoms with Gasteiger partial charge in [-0.25, -0.2) is 9.97 Å². The van der Waals surface area contributed by atoms with Crippen LogP contribution < -0.4 is 5.32 Å². The van der Waals surface area contributed by atoms with Gasteiger partial charge in [-0.2, -0.15) is 0 Å². The Balaban J connectivity index is 2.26. The van der Waals surface area contributed by atoms with E-state index in [9.17, 15) is 5.11 Å². The van der Waals surface area contributed by atoms with Crippen LogP contribution in [0.15, 0.2) is 6.07 Å². The first kappa shape index (κ1) is 13.6. The zero-order valence-corrected chi connectivity index (χ0v) is 11.9. The first-order valence-corrected chi connectivity index (χ1v) is 6.67. The van der Waals surface area contributed by atoms with Crippen molar-refractivity contribution in [2.24, 2.45) is 0 Å². The summed E-state index contributed by atoms with van der Waals surface area (Å²) in [6, 6.07) is 1.71. The Bertz CT molecular complexity index is 433. The van der Waals surface area contributed by atoms with Gasteiger partial charge >= 0.3 is 0 Å². The summed E-state index contributed by atoms with van der Waals surface area (Å²) in [6.07, 6.45) is 3.07. The monoisotopic (exact) mass is 269 g/mol. The SMILES string of the molecule is CC(C)(C)c1nc(Cl)cc(NC2(CO)CCC2)n1. The molecule has 1 aliphatic carbocycles. The number of hydrogen-bond acceptors (Lipinski definition) is 4. The number of halogens is 1. The lowest BCUT2D eigenvalue weighted by Gasteiger charge is -2.41. The molecule has 18 heavy (non-hydrogen) atoms. The van der Waals surface area contributed by atoms with Gasteiger partial charge in [0.1, 0.15) is 16.8 Å². The summed E-state index contributed by atoms with van der Waals surface area (Å²) in [4.78, 5) is 8.76. The average Bonchev–Trinajstić information content (AvgIpc) is 2.21. The van der Waals surface area contributed by atoms with Crippen molar-refractivity contribution >= 4 is 17.4 Å². The van der Waals surface area contributed by atoms with Gasteiger partial charge in [0, 0.05) is 11.5 Å². The largest absolute Gasteiger partial charge is 0.394 e. The summed E-state index contributed by atoms with van der Waals surface area (Å²) >= 11 is 6.04. The van der Waals surface area contributed by atoms with Gasteiger partial charge in [-0.1, -0.05) is 32.4 Å². The van der Waals surface area contributed by atoms with Crippen LogP contribution in [0.25, 0.3) is 0 Å². The van der Waals surface area contributed by atoms with Crippen LogP contribution in [0.3, 0.4) is 0 Å². The first-order valence-electron chi connectivity index (χ1n) is 6.29. The lowest BCUT2D eigenvalue weighted by atomic mass is 9.77. The van der Waals surface area contributed by atoms with E-state index in [0.717, 1.165) is 19.3 Å². The highest BCUT2D eigenvalue weighted by atomic mass is 35.5. The Labute approximate surface area is 113 Å². The molecule has 1 heterocycles. The minimum atomic E-state index is -0.215. The number of rotatable bonds is 3. The van der Waals surface area contributed by atoms with Gasteiger partial charge in [0.15, 0.2) is 0 Å². The number of nitrogens with zero attached hydrogens (tertiary/aromatic N) is 2. The first-order chi connectivity index (χ1) is 8.35. The summed E-state index contributed by atoms with van der Waals surface area (Å²) in [6.45, 7) is 6.27. The topological polar surface area (TPSA) is 58.0 Å². The quantitative estimate of drug-likeness (QED) is 0.829.